The Balaban J connectivity index is 1.97. The van der Waals surface area contributed by atoms with Crippen molar-refractivity contribution in [2.24, 2.45) is 0 Å². The fourth-order valence-corrected chi connectivity index (χ4v) is 5.41. The predicted octanol–water partition coefficient (Wildman–Crippen LogP) is 5.54. The third-order valence-corrected chi connectivity index (χ3v) is 7.55. The zero-order valence-electron chi connectivity index (χ0n) is 20.4. The zero-order valence-corrected chi connectivity index (χ0v) is 21.2. The molecule has 7 nitrogen and oxygen atoms in total. The Morgan fingerprint density at radius 2 is 1.63 bits per heavy atom. The average molecular weight is 493 g/mol. The van der Waals surface area contributed by atoms with Crippen molar-refractivity contribution in [3.05, 3.63) is 83.0 Å². The van der Waals surface area contributed by atoms with E-state index in [4.69, 9.17) is 9.47 Å². The molecule has 0 spiro atoms. The van der Waals surface area contributed by atoms with Crippen molar-refractivity contribution in [2.75, 3.05) is 18.4 Å². The van der Waals surface area contributed by atoms with E-state index in [0.29, 0.717) is 22.3 Å². The van der Waals surface area contributed by atoms with E-state index >= 15 is 0 Å². The van der Waals surface area contributed by atoms with E-state index in [1.165, 1.54) is 12.1 Å². The van der Waals surface area contributed by atoms with Gasteiger partial charge in [-0.25, -0.2) is 13.2 Å². The first-order valence-electron chi connectivity index (χ1n) is 11.2. The molecule has 0 saturated heterocycles. The SMILES string of the molecule is CCOC(=O)c1c(C)n(-c2ccc(OC)cc2)c2c(C)c(C)c(NS(=O)(=O)c3ccccc3)cc12. The van der Waals surface area contributed by atoms with Gasteiger partial charge in [-0.1, -0.05) is 18.2 Å². The Labute approximate surface area is 205 Å². The highest BCUT2D eigenvalue weighted by molar-refractivity contribution is 7.92. The van der Waals surface area contributed by atoms with Crippen LogP contribution < -0.4 is 9.46 Å². The number of hydrogen-bond acceptors (Lipinski definition) is 5. The smallest absolute Gasteiger partial charge is 0.340 e. The van der Waals surface area contributed by atoms with E-state index in [0.717, 1.165) is 28.1 Å². The van der Waals surface area contributed by atoms with Crippen molar-refractivity contribution in [3.63, 3.8) is 0 Å². The predicted molar refractivity (Wildman–Crippen MR) is 137 cm³/mol. The Kier molecular flexibility index (Phi) is 6.58. The van der Waals surface area contributed by atoms with Crippen LogP contribution >= 0.6 is 0 Å². The number of rotatable bonds is 7. The van der Waals surface area contributed by atoms with Crippen molar-refractivity contribution >= 4 is 32.6 Å². The van der Waals surface area contributed by atoms with Gasteiger partial charge in [0.25, 0.3) is 10.0 Å². The number of nitrogens with one attached hydrogen (secondary N) is 1. The normalized spacial score (nSPS) is 11.5. The van der Waals surface area contributed by atoms with Crippen LogP contribution in [0.4, 0.5) is 5.69 Å². The van der Waals surface area contributed by atoms with E-state index < -0.39 is 16.0 Å². The molecule has 0 unspecified atom stereocenters. The summed E-state index contributed by atoms with van der Waals surface area (Å²) in [6.07, 6.45) is 0. The molecule has 8 heteroatoms. The Morgan fingerprint density at radius 3 is 2.23 bits per heavy atom. The minimum Gasteiger partial charge on any atom is -0.497 e. The lowest BCUT2D eigenvalue weighted by Crippen LogP contribution is -2.14. The third-order valence-electron chi connectivity index (χ3n) is 6.16. The second-order valence-corrected chi connectivity index (χ2v) is 9.89. The molecule has 0 amide bonds. The molecule has 4 rings (SSSR count). The average Bonchev–Trinajstić information content (AvgIpc) is 3.14. The first-order valence-corrected chi connectivity index (χ1v) is 12.7. The number of carbonyl (C=O) groups is 1. The molecule has 0 aliphatic rings. The molecule has 1 aromatic heterocycles. The van der Waals surface area contributed by atoms with Crippen molar-refractivity contribution < 1.29 is 22.7 Å². The van der Waals surface area contributed by atoms with Gasteiger partial charge in [-0.05, 0) is 81.3 Å². The number of hydrogen-bond donors (Lipinski definition) is 1. The lowest BCUT2D eigenvalue weighted by Gasteiger charge is -2.16. The summed E-state index contributed by atoms with van der Waals surface area (Å²) in [5.74, 6) is 0.265. The standard InChI is InChI=1S/C27H28N2O5S/c1-6-34-27(30)25-19(4)29(20-12-14-21(33-5)15-13-20)26-18(3)17(2)24(16-23(25)26)28-35(31,32)22-10-8-7-9-11-22/h7-16,28H,6H2,1-5H3. The summed E-state index contributed by atoms with van der Waals surface area (Å²) in [5, 5.41) is 0.616. The maximum atomic E-state index is 13.1. The molecule has 182 valence electrons. The first-order chi connectivity index (χ1) is 16.7. The van der Waals surface area contributed by atoms with Gasteiger partial charge >= 0.3 is 5.97 Å². The van der Waals surface area contributed by atoms with Gasteiger partial charge in [-0.2, -0.15) is 0 Å². The number of anilines is 1. The summed E-state index contributed by atoms with van der Waals surface area (Å²) in [6.45, 7) is 7.63. The molecule has 0 bridgehead atoms. The molecule has 0 atom stereocenters. The monoisotopic (exact) mass is 492 g/mol. The van der Waals surface area contributed by atoms with E-state index in [-0.39, 0.29) is 11.5 Å². The maximum Gasteiger partial charge on any atom is 0.340 e. The summed E-state index contributed by atoms with van der Waals surface area (Å²) < 4.78 is 41.5. The molecule has 35 heavy (non-hydrogen) atoms. The van der Waals surface area contributed by atoms with Crippen molar-refractivity contribution in [2.45, 2.75) is 32.6 Å². The minimum atomic E-state index is -3.81. The Morgan fingerprint density at radius 1 is 0.971 bits per heavy atom. The van der Waals surface area contributed by atoms with Crippen LogP contribution in [0, 0.1) is 20.8 Å². The molecule has 0 aliphatic heterocycles. The number of benzene rings is 3. The van der Waals surface area contributed by atoms with Gasteiger partial charge in [0, 0.05) is 16.8 Å². The highest BCUT2D eigenvalue weighted by Gasteiger charge is 2.26. The van der Waals surface area contributed by atoms with Gasteiger partial charge in [0.05, 0.1) is 35.4 Å². The second kappa shape index (κ2) is 9.46. The van der Waals surface area contributed by atoms with E-state index in [9.17, 15) is 13.2 Å². The fourth-order valence-electron chi connectivity index (χ4n) is 4.28. The summed E-state index contributed by atoms with van der Waals surface area (Å²) in [7, 11) is -2.21. The molecule has 3 aromatic carbocycles. The number of aromatic nitrogens is 1. The summed E-state index contributed by atoms with van der Waals surface area (Å²) in [5.41, 5.74) is 4.80. The summed E-state index contributed by atoms with van der Waals surface area (Å²) >= 11 is 0. The topological polar surface area (TPSA) is 86.6 Å². The molecular weight excluding hydrogens is 464 g/mol. The molecule has 0 radical (unpaired) electrons. The molecule has 1 heterocycles. The molecule has 4 aromatic rings. The lowest BCUT2D eigenvalue weighted by atomic mass is 10.0. The van der Waals surface area contributed by atoms with Crippen LogP contribution in [0.15, 0.2) is 65.6 Å². The van der Waals surface area contributed by atoms with Crippen LogP contribution in [0.3, 0.4) is 0 Å². The third kappa shape index (κ3) is 4.37. The highest BCUT2D eigenvalue weighted by Crippen LogP contribution is 2.37. The van der Waals surface area contributed by atoms with Crippen molar-refractivity contribution in [1.29, 1.82) is 0 Å². The van der Waals surface area contributed by atoms with Gasteiger partial charge in [-0.15, -0.1) is 0 Å². The van der Waals surface area contributed by atoms with Crippen LogP contribution in [-0.4, -0.2) is 32.7 Å². The van der Waals surface area contributed by atoms with Gasteiger partial charge in [0.2, 0.25) is 0 Å². The summed E-state index contributed by atoms with van der Waals surface area (Å²) in [4.78, 5) is 13.2. The molecule has 0 fully saturated rings. The first kappa shape index (κ1) is 24.3. The number of methoxy groups -OCH3 is 1. The number of esters is 1. The van der Waals surface area contributed by atoms with Crippen LogP contribution in [0.5, 0.6) is 5.75 Å². The van der Waals surface area contributed by atoms with Gasteiger partial charge in [0.1, 0.15) is 5.75 Å². The zero-order chi connectivity index (χ0) is 25.3. The van der Waals surface area contributed by atoms with Crippen LogP contribution in [0.1, 0.15) is 34.1 Å². The Bertz CT molecular complexity index is 1510. The largest absolute Gasteiger partial charge is 0.497 e. The summed E-state index contributed by atoms with van der Waals surface area (Å²) in [6, 6.07) is 17.5. The van der Waals surface area contributed by atoms with Crippen LogP contribution in [0.25, 0.3) is 16.6 Å². The quantitative estimate of drug-likeness (QED) is 0.342. The maximum absolute atomic E-state index is 13.1. The van der Waals surface area contributed by atoms with Crippen LogP contribution in [-0.2, 0) is 14.8 Å². The van der Waals surface area contributed by atoms with Gasteiger partial charge < -0.3 is 14.0 Å². The minimum absolute atomic E-state index is 0.162. The van der Waals surface area contributed by atoms with Gasteiger partial charge in [-0.3, -0.25) is 4.72 Å². The molecule has 0 saturated carbocycles. The van der Waals surface area contributed by atoms with Crippen molar-refractivity contribution in [3.8, 4) is 11.4 Å². The Hall–Kier alpha value is -3.78. The molecule has 1 N–H and O–H groups in total. The second-order valence-electron chi connectivity index (χ2n) is 8.20. The van der Waals surface area contributed by atoms with E-state index in [2.05, 4.69) is 4.72 Å². The number of fused-ring (bicyclic) bond motifs is 1. The molecule has 0 aliphatic carbocycles. The van der Waals surface area contributed by atoms with Gasteiger partial charge in [0.15, 0.2) is 0 Å². The van der Waals surface area contributed by atoms with E-state index in [1.54, 1.807) is 38.3 Å². The van der Waals surface area contributed by atoms with E-state index in [1.807, 2.05) is 49.6 Å². The van der Waals surface area contributed by atoms with Crippen LogP contribution in [0.2, 0.25) is 0 Å². The number of aryl methyl sites for hydroxylation is 1. The number of ether oxygens (including phenoxy) is 2. The number of carbonyl (C=O) groups excluding carboxylic acids is 1. The lowest BCUT2D eigenvalue weighted by molar-refractivity contribution is 0.0527. The number of sulfonamides is 1. The fraction of sp³-hybridized carbons (Fsp3) is 0.222. The number of nitrogens with zero attached hydrogens (tertiary/aromatic N) is 1. The highest BCUT2D eigenvalue weighted by atomic mass is 32.2. The van der Waals surface area contributed by atoms with Crippen molar-refractivity contribution in [1.82, 2.24) is 4.57 Å². The molecular formula is C27H28N2O5S.